The zero-order valence-electron chi connectivity index (χ0n) is 9.12. The van der Waals surface area contributed by atoms with E-state index in [1.165, 1.54) is 13.2 Å². The molecule has 1 aromatic carbocycles. The number of benzene rings is 1. The molecule has 3 nitrogen and oxygen atoms in total. The molecule has 0 N–H and O–H groups in total. The van der Waals surface area contributed by atoms with E-state index < -0.39 is 14.9 Å². The minimum absolute atomic E-state index is 0.109. The van der Waals surface area contributed by atoms with Gasteiger partial charge in [0.25, 0.3) is 9.05 Å². The van der Waals surface area contributed by atoms with Crippen LogP contribution in [0.3, 0.4) is 0 Å². The quantitative estimate of drug-likeness (QED) is 0.790. The predicted molar refractivity (Wildman–Crippen MR) is 60.1 cm³/mol. The second-order valence-corrected chi connectivity index (χ2v) is 6.18. The summed E-state index contributed by atoms with van der Waals surface area (Å²) in [4.78, 5) is -0.298. The number of rotatable bonds is 3. The van der Waals surface area contributed by atoms with Crippen molar-refractivity contribution >= 4 is 19.7 Å². The standard InChI is InChI=1S/C10H12ClFO3S/c1-6(2)10-8(12)4-7(16(11,13)14)5-9(10)15-3/h4-6H,1-3H3. The first-order chi connectivity index (χ1) is 7.27. The zero-order valence-corrected chi connectivity index (χ0v) is 10.7. The number of hydrogen-bond acceptors (Lipinski definition) is 3. The topological polar surface area (TPSA) is 43.4 Å². The van der Waals surface area contributed by atoms with Crippen LogP contribution in [0.1, 0.15) is 25.3 Å². The van der Waals surface area contributed by atoms with Crippen LogP contribution in [0, 0.1) is 5.82 Å². The Bertz CT molecular complexity index is 497. The molecule has 0 aromatic heterocycles. The summed E-state index contributed by atoms with van der Waals surface area (Å²) in [6, 6.07) is 2.13. The van der Waals surface area contributed by atoms with Gasteiger partial charge in [0.1, 0.15) is 11.6 Å². The highest BCUT2D eigenvalue weighted by atomic mass is 35.7. The molecule has 0 radical (unpaired) electrons. The summed E-state index contributed by atoms with van der Waals surface area (Å²) in [5, 5.41) is 0. The fourth-order valence-electron chi connectivity index (χ4n) is 1.44. The fourth-order valence-corrected chi connectivity index (χ4v) is 2.20. The van der Waals surface area contributed by atoms with Crippen molar-refractivity contribution in [2.45, 2.75) is 24.7 Å². The van der Waals surface area contributed by atoms with Gasteiger partial charge in [-0.25, -0.2) is 12.8 Å². The fraction of sp³-hybridized carbons (Fsp3) is 0.400. The normalized spacial score (nSPS) is 11.9. The highest BCUT2D eigenvalue weighted by Gasteiger charge is 2.19. The maximum Gasteiger partial charge on any atom is 0.261 e. The van der Waals surface area contributed by atoms with Crippen LogP contribution in [0.4, 0.5) is 4.39 Å². The summed E-state index contributed by atoms with van der Waals surface area (Å²) in [5.41, 5.74) is 0.339. The van der Waals surface area contributed by atoms with Gasteiger partial charge in [0.15, 0.2) is 0 Å². The molecular formula is C10H12ClFO3S. The van der Waals surface area contributed by atoms with Crippen LogP contribution in [0.5, 0.6) is 5.75 Å². The lowest BCUT2D eigenvalue weighted by atomic mass is 10.0. The molecule has 16 heavy (non-hydrogen) atoms. The molecule has 0 saturated heterocycles. The molecule has 0 aliphatic rings. The van der Waals surface area contributed by atoms with E-state index in [1.54, 1.807) is 13.8 Å². The van der Waals surface area contributed by atoms with Crippen LogP contribution in [0.15, 0.2) is 17.0 Å². The van der Waals surface area contributed by atoms with Crippen molar-refractivity contribution in [2.75, 3.05) is 7.11 Å². The minimum Gasteiger partial charge on any atom is -0.496 e. The molecule has 0 bridgehead atoms. The maximum atomic E-state index is 13.7. The first kappa shape index (κ1) is 13.3. The zero-order chi connectivity index (χ0) is 12.5. The Hall–Kier alpha value is -0.810. The monoisotopic (exact) mass is 266 g/mol. The van der Waals surface area contributed by atoms with E-state index in [0.29, 0.717) is 5.56 Å². The largest absolute Gasteiger partial charge is 0.496 e. The summed E-state index contributed by atoms with van der Waals surface area (Å²) < 4.78 is 40.8. The molecule has 6 heteroatoms. The van der Waals surface area contributed by atoms with Gasteiger partial charge in [-0.1, -0.05) is 13.8 Å². The maximum absolute atomic E-state index is 13.7. The van der Waals surface area contributed by atoms with Gasteiger partial charge in [-0.2, -0.15) is 0 Å². The predicted octanol–water partition coefficient (Wildman–Crippen LogP) is 2.89. The number of halogens is 2. The Morgan fingerprint density at radius 1 is 1.38 bits per heavy atom. The first-order valence-corrected chi connectivity index (χ1v) is 6.90. The van der Waals surface area contributed by atoms with Crippen LogP contribution < -0.4 is 4.74 Å². The number of ether oxygens (including phenoxy) is 1. The van der Waals surface area contributed by atoms with Gasteiger partial charge in [0, 0.05) is 22.3 Å². The molecule has 0 atom stereocenters. The van der Waals surface area contributed by atoms with Crippen molar-refractivity contribution in [3.8, 4) is 5.75 Å². The third-order valence-corrected chi connectivity index (χ3v) is 3.48. The van der Waals surface area contributed by atoms with E-state index >= 15 is 0 Å². The lowest BCUT2D eigenvalue weighted by Gasteiger charge is -2.13. The van der Waals surface area contributed by atoms with Crippen molar-refractivity contribution < 1.29 is 17.5 Å². The highest BCUT2D eigenvalue weighted by molar-refractivity contribution is 8.13. The van der Waals surface area contributed by atoms with Crippen molar-refractivity contribution in [2.24, 2.45) is 0 Å². The van der Waals surface area contributed by atoms with Crippen LogP contribution >= 0.6 is 10.7 Å². The van der Waals surface area contributed by atoms with Crippen LogP contribution in [0.2, 0.25) is 0 Å². The Balaban J connectivity index is 3.50. The summed E-state index contributed by atoms with van der Waals surface area (Å²) in [6.45, 7) is 3.58. The minimum atomic E-state index is -3.95. The summed E-state index contributed by atoms with van der Waals surface area (Å²) >= 11 is 0. The van der Waals surface area contributed by atoms with E-state index in [4.69, 9.17) is 15.4 Å². The van der Waals surface area contributed by atoms with E-state index in [-0.39, 0.29) is 16.6 Å². The Morgan fingerprint density at radius 3 is 2.31 bits per heavy atom. The molecule has 0 spiro atoms. The average molecular weight is 267 g/mol. The molecule has 0 amide bonds. The number of hydrogen-bond donors (Lipinski definition) is 0. The first-order valence-electron chi connectivity index (χ1n) is 4.59. The highest BCUT2D eigenvalue weighted by Crippen LogP contribution is 2.32. The van der Waals surface area contributed by atoms with Crippen molar-refractivity contribution in [1.82, 2.24) is 0 Å². The van der Waals surface area contributed by atoms with E-state index in [9.17, 15) is 12.8 Å². The molecule has 0 heterocycles. The SMILES string of the molecule is COc1cc(S(=O)(=O)Cl)cc(F)c1C(C)C. The summed E-state index contributed by atoms with van der Waals surface area (Å²) in [5.74, 6) is -0.551. The van der Waals surface area contributed by atoms with Gasteiger partial charge >= 0.3 is 0 Å². The second kappa shape index (κ2) is 4.59. The van der Waals surface area contributed by atoms with Crippen molar-refractivity contribution in [1.29, 1.82) is 0 Å². The third kappa shape index (κ3) is 2.65. The summed E-state index contributed by atoms with van der Waals surface area (Å²) in [6.07, 6.45) is 0. The molecule has 1 aromatic rings. The van der Waals surface area contributed by atoms with Crippen molar-refractivity contribution in [3.05, 3.63) is 23.5 Å². The van der Waals surface area contributed by atoms with E-state index in [2.05, 4.69) is 0 Å². The third-order valence-electron chi connectivity index (χ3n) is 2.14. The van der Waals surface area contributed by atoms with Gasteiger partial charge in [0.2, 0.25) is 0 Å². The van der Waals surface area contributed by atoms with Crippen LogP contribution in [0.25, 0.3) is 0 Å². The average Bonchev–Trinajstić information content (AvgIpc) is 2.14. The van der Waals surface area contributed by atoms with Crippen LogP contribution in [-0.2, 0) is 9.05 Å². The Kier molecular flexibility index (Phi) is 3.80. The lowest BCUT2D eigenvalue weighted by molar-refractivity contribution is 0.399. The smallest absolute Gasteiger partial charge is 0.261 e. The van der Waals surface area contributed by atoms with Gasteiger partial charge in [0.05, 0.1) is 12.0 Å². The van der Waals surface area contributed by atoms with Gasteiger partial charge in [-0.15, -0.1) is 0 Å². The van der Waals surface area contributed by atoms with Gasteiger partial charge < -0.3 is 4.74 Å². The van der Waals surface area contributed by atoms with E-state index in [0.717, 1.165) is 6.07 Å². The summed E-state index contributed by atoms with van der Waals surface area (Å²) in [7, 11) is 2.55. The molecule has 0 aliphatic heterocycles. The molecule has 0 aliphatic carbocycles. The van der Waals surface area contributed by atoms with Gasteiger partial charge in [-0.3, -0.25) is 0 Å². The molecule has 0 saturated carbocycles. The second-order valence-electron chi connectivity index (χ2n) is 3.61. The molecule has 0 unspecified atom stereocenters. The molecular weight excluding hydrogens is 255 g/mol. The molecule has 90 valence electrons. The molecule has 1 rings (SSSR count). The van der Waals surface area contributed by atoms with Crippen molar-refractivity contribution in [3.63, 3.8) is 0 Å². The Morgan fingerprint density at radius 2 is 1.94 bits per heavy atom. The van der Waals surface area contributed by atoms with E-state index in [1.807, 2.05) is 0 Å². The molecule has 0 fully saturated rings. The van der Waals surface area contributed by atoms with Crippen LogP contribution in [-0.4, -0.2) is 15.5 Å². The number of methoxy groups -OCH3 is 1. The Labute approximate surface area is 98.6 Å². The van der Waals surface area contributed by atoms with Gasteiger partial charge in [-0.05, 0) is 12.0 Å². The lowest BCUT2D eigenvalue weighted by Crippen LogP contribution is -2.02.